The predicted octanol–water partition coefficient (Wildman–Crippen LogP) is -3.52. The van der Waals surface area contributed by atoms with Gasteiger partial charge in [0.2, 0.25) is 6.67 Å². The molecule has 18 nitrogen and oxygen atoms in total. The molecule has 23 heavy (non-hydrogen) atoms. The van der Waals surface area contributed by atoms with Gasteiger partial charge in [0.05, 0.1) is 0 Å². The van der Waals surface area contributed by atoms with Gasteiger partial charge in [-0.15, -0.1) is 0 Å². The van der Waals surface area contributed by atoms with Gasteiger partial charge in [-0.05, 0) is 0 Å². The van der Waals surface area contributed by atoms with Crippen LogP contribution in [0.2, 0.25) is 0 Å². The summed E-state index contributed by atoms with van der Waals surface area (Å²) in [5, 5.41) is 56.0. The molecule has 1 rings (SSSR count). The average Bonchev–Trinajstić information content (AvgIpc) is 2.80. The summed E-state index contributed by atoms with van der Waals surface area (Å²) in [5.74, 6) is 0. The molecule has 2 atom stereocenters. The van der Waals surface area contributed by atoms with E-state index in [0.29, 0.717) is 0 Å². The predicted molar refractivity (Wildman–Crippen MR) is 61.9 cm³/mol. The Labute approximate surface area is 124 Å². The lowest BCUT2D eigenvalue weighted by Gasteiger charge is -2.27. The van der Waals surface area contributed by atoms with E-state index in [1.807, 2.05) is 0 Å². The SMILES string of the molecule is O=[N+]([O-])N(CO)C1C(N(CO)[N+](=O)[O-])N([N+](=O)[O-])CN1[N+](=O)[O-]. The molecule has 0 aromatic rings. The summed E-state index contributed by atoms with van der Waals surface area (Å²) in [6, 6.07) is 0. The van der Waals surface area contributed by atoms with E-state index in [-0.39, 0.29) is 20.0 Å². The topological polar surface area (TPSA) is 226 Å². The summed E-state index contributed by atoms with van der Waals surface area (Å²) >= 11 is 0. The van der Waals surface area contributed by atoms with Gasteiger partial charge in [0.25, 0.3) is 12.3 Å². The van der Waals surface area contributed by atoms with Gasteiger partial charge in [0, 0.05) is 0 Å². The number of nitrogens with zero attached hydrogens (tertiary/aromatic N) is 8. The van der Waals surface area contributed by atoms with Crippen LogP contribution in [-0.2, 0) is 0 Å². The highest BCUT2D eigenvalue weighted by Crippen LogP contribution is 2.26. The number of aliphatic hydroxyl groups is 2. The fraction of sp³-hybridized carbons (Fsp3) is 1.00. The molecule has 0 amide bonds. The smallest absolute Gasteiger partial charge is 0.272 e. The first-order chi connectivity index (χ1) is 10.7. The van der Waals surface area contributed by atoms with Crippen LogP contribution in [0.15, 0.2) is 0 Å². The van der Waals surface area contributed by atoms with E-state index < -0.39 is 52.6 Å². The summed E-state index contributed by atoms with van der Waals surface area (Å²) in [4.78, 5) is 43.6. The Morgan fingerprint density at radius 3 is 1.30 bits per heavy atom. The molecule has 0 radical (unpaired) electrons. The Hall–Kier alpha value is -3.28. The fourth-order valence-corrected chi connectivity index (χ4v) is 2.00. The molecule has 0 saturated carbocycles. The van der Waals surface area contributed by atoms with Crippen LogP contribution in [0.1, 0.15) is 0 Å². The maximum absolute atomic E-state index is 10.9. The van der Waals surface area contributed by atoms with Gasteiger partial charge >= 0.3 is 0 Å². The molecular formula is C5H10N8O10. The molecule has 1 aliphatic rings. The molecule has 1 heterocycles. The lowest BCUT2D eigenvalue weighted by Crippen LogP contribution is -2.61. The van der Waals surface area contributed by atoms with Crippen molar-refractivity contribution in [3.05, 3.63) is 40.5 Å². The molecule has 0 spiro atoms. The van der Waals surface area contributed by atoms with Crippen molar-refractivity contribution in [2.45, 2.75) is 12.3 Å². The van der Waals surface area contributed by atoms with Gasteiger partial charge in [0.15, 0.2) is 33.6 Å². The Morgan fingerprint density at radius 1 is 0.826 bits per heavy atom. The van der Waals surface area contributed by atoms with Crippen LogP contribution in [0.3, 0.4) is 0 Å². The third-order valence-corrected chi connectivity index (χ3v) is 2.91. The number of hydrogen-bond donors (Lipinski definition) is 2. The Kier molecular flexibility index (Phi) is 5.14. The second kappa shape index (κ2) is 6.65. The quantitative estimate of drug-likeness (QED) is 0.247. The zero-order valence-electron chi connectivity index (χ0n) is 11.0. The van der Waals surface area contributed by atoms with Crippen molar-refractivity contribution < 1.29 is 30.3 Å². The molecule has 0 aromatic heterocycles. The lowest BCUT2D eigenvalue weighted by atomic mass is 10.3. The first-order valence-corrected chi connectivity index (χ1v) is 5.52. The monoisotopic (exact) mass is 342 g/mol. The van der Waals surface area contributed by atoms with Gasteiger partial charge in [-0.3, -0.25) is 0 Å². The summed E-state index contributed by atoms with van der Waals surface area (Å²) in [5.41, 5.74) is 0. The van der Waals surface area contributed by atoms with E-state index in [1.165, 1.54) is 0 Å². The van der Waals surface area contributed by atoms with Crippen LogP contribution >= 0.6 is 0 Å². The first-order valence-electron chi connectivity index (χ1n) is 5.52. The molecule has 18 heteroatoms. The third-order valence-electron chi connectivity index (χ3n) is 2.91. The van der Waals surface area contributed by atoms with E-state index >= 15 is 0 Å². The van der Waals surface area contributed by atoms with Crippen LogP contribution in [0, 0.1) is 40.5 Å². The summed E-state index contributed by atoms with van der Waals surface area (Å²) < 4.78 is 0. The molecule has 1 saturated heterocycles. The maximum atomic E-state index is 10.9. The average molecular weight is 342 g/mol. The van der Waals surface area contributed by atoms with Gasteiger partial charge < -0.3 is 10.2 Å². The molecule has 1 aliphatic heterocycles. The van der Waals surface area contributed by atoms with Gasteiger partial charge in [-0.25, -0.2) is 40.5 Å². The highest BCUT2D eigenvalue weighted by atomic mass is 16.7. The maximum Gasteiger partial charge on any atom is 0.272 e. The third kappa shape index (κ3) is 3.16. The van der Waals surface area contributed by atoms with Gasteiger partial charge in [0.1, 0.15) is 0 Å². The van der Waals surface area contributed by atoms with E-state index in [9.17, 15) is 40.5 Å². The zero-order chi connectivity index (χ0) is 17.9. The van der Waals surface area contributed by atoms with Crippen molar-refractivity contribution in [1.29, 1.82) is 0 Å². The van der Waals surface area contributed by atoms with Crippen LogP contribution in [-0.4, -0.2) is 82.8 Å². The molecule has 0 aromatic carbocycles. The van der Waals surface area contributed by atoms with Crippen molar-refractivity contribution in [2.24, 2.45) is 0 Å². The van der Waals surface area contributed by atoms with Crippen molar-refractivity contribution in [3.63, 3.8) is 0 Å². The van der Waals surface area contributed by atoms with Crippen LogP contribution in [0.4, 0.5) is 0 Å². The molecule has 0 aliphatic carbocycles. The van der Waals surface area contributed by atoms with E-state index in [0.717, 1.165) is 0 Å². The summed E-state index contributed by atoms with van der Waals surface area (Å²) in [6.07, 6.45) is -4.46. The molecule has 2 N–H and O–H groups in total. The molecule has 1 fully saturated rings. The molecular weight excluding hydrogens is 332 g/mol. The van der Waals surface area contributed by atoms with Crippen molar-refractivity contribution in [2.75, 3.05) is 20.1 Å². The second-order valence-corrected chi connectivity index (χ2v) is 3.96. The number of rotatable bonds is 8. The largest absolute Gasteiger partial charge is 0.371 e. The Bertz CT molecular complexity index is 469. The minimum absolute atomic E-state index is 0.0430. The second-order valence-electron chi connectivity index (χ2n) is 3.96. The van der Waals surface area contributed by atoms with Gasteiger partial charge in [-0.2, -0.15) is 0 Å². The number of hydrazine groups is 4. The minimum atomic E-state index is -2.23. The van der Waals surface area contributed by atoms with Crippen LogP contribution in [0.5, 0.6) is 0 Å². The zero-order valence-corrected chi connectivity index (χ0v) is 11.0. The molecule has 0 bridgehead atoms. The minimum Gasteiger partial charge on any atom is -0.371 e. The fourth-order valence-electron chi connectivity index (χ4n) is 2.00. The van der Waals surface area contributed by atoms with Gasteiger partial charge in [-0.1, -0.05) is 20.0 Å². The lowest BCUT2D eigenvalue weighted by molar-refractivity contribution is -0.743. The Morgan fingerprint density at radius 2 is 1.13 bits per heavy atom. The van der Waals surface area contributed by atoms with Crippen LogP contribution < -0.4 is 0 Å². The number of hydrogen-bond acceptors (Lipinski definition) is 10. The molecule has 130 valence electrons. The summed E-state index contributed by atoms with van der Waals surface area (Å²) in [6.45, 7) is -4.02. The van der Waals surface area contributed by atoms with Crippen molar-refractivity contribution in [3.8, 4) is 0 Å². The van der Waals surface area contributed by atoms with Crippen molar-refractivity contribution in [1.82, 2.24) is 20.0 Å². The standard InChI is InChI=1S/C5H10N8O10/c14-2-8(12(20)21)4-5(9(3-15)13(22)23)7(11(18)19)1-6(4)10(16)17/h4-5,14-15H,1-3H2. The van der Waals surface area contributed by atoms with E-state index in [4.69, 9.17) is 10.2 Å². The molecule has 2 unspecified atom stereocenters. The highest BCUT2D eigenvalue weighted by molar-refractivity contribution is 4.80. The van der Waals surface area contributed by atoms with E-state index in [1.54, 1.807) is 0 Å². The highest BCUT2D eigenvalue weighted by Gasteiger charge is 2.62. The summed E-state index contributed by atoms with van der Waals surface area (Å²) in [7, 11) is 0. The Balaban J connectivity index is 3.44. The number of aliphatic hydroxyl groups excluding tert-OH is 2. The van der Waals surface area contributed by atoms with Crippen molar-refractivity contribution >= 4 is 0 Å². The van der Waals surface area contributed by atoms with Crippen LogP contribution in [0.25, 0.3) is 0 Å². The first kappa shape index (κ1) is 17.8. The van der Waals surface area contributed by atoms with E-state index in [2.05, 4.69) is 0 Å². The normalized spacial score (nSPS) is 20.3. The number of nitro groups is 4.